The number of benzene rings is 2. The molecule has 1 saturated heterocycles. The number of methoxy groups -OCH3 is 1. The maximum absolute atomic E-state index is 13.7. The van der Waals surface area contributed by atoms with E-state index in [2.05, 4.69) is 5.32 Å². The Bertz CT molecular complexity index is 1210. The van der Waals surface area contributed by atoms with Gasteiger partial charge in [-0.05, 0) is 49.2 Å². The number of hydrogen-bond donors (Lipinski definition) is 2. The monoisotopic (exact) mass is 432 g/mol. The lowest BCUT2D eigenvalue weighted by atomic mass is 9.76. The third-order valence-electron chi connectivity index (χ3n) is 6.04. The first kappa shape index (κ1) is 19.9. The van der Waals surface area contributed by atoms with Gasteiger partial charge in [0.1, 0.15) is 11.5 Å². The lowest BCUT2D eigenvalue weighted by Gasteiger charge is -2.43. The first-order valence-corrected chi connectivity index (χ1v) is 10.2. The summed E-state index contributed by atoms with van der Waals surface area (Å²) in [6.45, 7) is 0.461. The van der Waals surface area contributed by atoms with Crippen LogP contribution >= 0.6 is 0 Å². The van der Waals surface area contributed by atoms with Crippen molar-refractivity contribution in [3.05, 3.63) is 71.5 Å². The molecule has 0 bridgehead atoms. The predicted octanol–water partition coefficient (Wildman–Crippen LogP) is 2.97. The van der Waals surface area contributed by atoms with Crippen molar-refractivity contribution < 1.29 is 29.0 Å². The Morgan fingerprint density at radius 2 is 1.88 bits per heavy atom. The predicted molar refractivity (Wildman–Crippen MR) is 116 cm³/mol. The molecule has 1 unspecified atom stereocenters. The summed E-state index contributed by atoms with van der Waals surface area (Å²) in [6, 6.07) is 13.1. The van der Waals surface area contributed by atoms with Gasteiger partial charge in [0.15, 0.2) is 5.54 Å². The third kappa shape index (κ3) is 2.59. The number of anilines is 2. The maximum atomic E-state index is 13.7. The molecule has 2 amide bonds. The van der Waals surface area contributed by atoms with E-state index in [1.54, 1.807) is 48.5 Å². The Hall–Kier alpha value is -4.07. The lowest BCUT2D eigenvalue weighted by Crippen LogP contribution is -2.60. The minimum Gasteiger partial charge on any atom is -0.507 e. The summed E-state index contributed by atoms with van der Waals surface area (Å²) >= 11 is 0. The number of nitrogens with one attached hydrogen (secondary N) is 1. The van der Waals surface area contributed by atoms with Crippen molar-refractivity contribution in [1.82, 2.24) is 0 Å². The highest BCUT2D eigenvalue weighted by Gasteiger charge is 2.66. The normalized spacial score (nSPS) is 23.6. The van der Waals surface area contributed by atoms with Crippen molar-refractivity contribution in [2.75, 3.05) is 23.9 Å². The molecule has 1 fully saturated rings. The SMILES string of the molecule is COc1ccc(/C(O)=C2\C(=O)C(=O)N3c4ccccc4NC(=O)C23C2=COCCC2)cc1. The van der Waals surface area contributed by atoms with Crippen LogP contribution in [0.25, 0.3) is 5.76 Å². The van der Waals surface area contributed by atoms with Crippen LogP contribution in [0.4, 0.5) is 11.4 Å². The molecular formula is C24H20N2O6. The number of nitrogens with zero attached hydrogens (tertiary/aromatic N) is 1. The van der Waals surface area contributed by atoms with Gasteiger partial charge in [0, 0.05) is 11.1 Å². The van der Waals surface area contributed by atoms with E-state index in [0.29, 0.717) is 42.1 Å². The fourth-order valence-corrected chi connectivity index (χ4v) is 4.58. The number of carbonyl (C=O) groups excluding carboxylic acids is 3. The van der Waals surface area contributed by atoms with Crippen LogP contribution < -0.4 is 15.0 Å². The molecular weight excluding hydrogens is 412 g/mol. The fourth-order valence-electron chi connectivity index (χ4n) is 4.58. The number of rotatable bonds is 3. The largest absolute Gasteiger partial charge is 0.507 e. The Morgan fingerprint density at radius 3 is 2.56 bits per heavy atom. The third-order valence-corrected chi connectivity index (χ3v) is 6.04. The average Bonchev–Trinajstić information content (AvgIpc) is 3.08. The van der Waals surface area contributed by atoms with E-state index in [1.165, 1.54) is 18.3 Å². The minimum atomic E-state index is -1.84. The Kier molecular flexibility index (Phi) is 4.51. The number of hydrogen-bond acceptors (Lipinski definition) is 6. The molecule has 0 saturated carbocycles. The topological polar surface area (TPSA) is 105 Å². The van der Waals surface area contributed by atoms with Crippen LogP contribution in [0.5, 0.6) is 5.75 Å². The molecule has 2 aromatic rings. The highest BCUT2D eigenvalue weighted by Crippen LogP contribution is 2.51. The number of ether oxygens (including phenoxy) is 2. The first-order chi connectivity index (χ1) is 15.5. The van der Waals surface area contributed by atoms with E-state index in [-0.39, 0.29) is 11.1 Å². The molecule has 0 spiro atoms. The van der Waals surface area contributed by atoms with Crippen LogP contribution in [0.1, 0.15) is 18.4 Å². The Morgan fingerprint density at radius 1 is 1.12 bits per heavy atom. The molecule has 2 aromatic carbocycles. The molecule has 1 atom stereocenters. The summed E-state index contributed by atoms with van der Waals surface area (Å²) in [5.41, 5.74) is -0.604. The second-order valence-corrected chi connectivity index (χ2v) is 7.72. The number of para-hydroxylation sites is 2. The van der Waals surface area contributed by atoms with Crippen LogP contribution in [-0.2, 0) is 19.1 Å². The number of Topliss-reactive ketones (excluding diaryl/α,β-unsaturated/α-hetero) is 1. The van der Waals surface area contributed by atoms with Crippen LogP contribution in [0.15, 0.2) is 65.9 Å². The molecule has 3 aliphatic rings. The first-order valence-electron chi connectivity index (χ1n) is 10.2. The molecule has 8 nitrogen and oxygen atoms in total. The van der Waals surface area contributed by atoms with Gasteiger partial charge in [0.2, 0.25) is 0 Å². The zero-order valence-corrected chi connectivity index (χ0v) is 17.3. The van der Waals surface area contributed by atoms with Gasteiger partial charge in [-0.2, -0.15) is 0 Å². The number of ketones is 1. The molecule has 0 radical (unpaired) electrons. The Balaban J connectivity index is 1.82. The molecule has 5 rings (SSSR count). The van der Waals surface area contributed by atoms with Crippen molar-refractivity contribution in [1.29, 1.82) is 0 Å². The Labute approximate surface area is 183 Å². The van der Waals surface area contributed by atoms with Crippen molar-refractivity contribution in [2.45, 2.75) is 18.4 Å². The molecule has 2 N–H and O–H groups in total. The summed E-state index contributed by atoms with van der Waals surface area (Å²) in [5, 5.41) is 14.1. The van der Waals surface area contributed by atoms with Crippen molar-refractivity contribution in [2.24, 2.45) is 0 Å². The summed E-state index contributed by atoms with van der Waals surface area (Å²) in [7, 11) is 1.51. The molecule has 3 aliphatic heterocycles. The van der Waals surface area contributed by atoms with E-state index >= 15 is 0 Å². The second kappa shape index (κ2) is 7.26. The summed E-state index contributed by atoms with van der Waals surface area (Å²) in [6.07, 6.45) is 2.46. The van der Waals surface area contributed by atoms with E-state index in [9.17, 15) is 19.5 Å². The average molecular weight is 432 g/mol. The van der Waals surface area contributed by atoms with Gasteiger partial charge in [-0.15, -0.1) is 0 Å². The van der Waals surface area contributed by atoms with E-state index in [0.717, 1.165) is 0 Å². The van der Waals surface area contributed by atoms with E-state index < -0.39 is 28.9 Å². The number of amides is 2. The quantitative estimate of drug-likeness (QED) is 0.439. The van der Waals surface area contributed by atoms with Crippen LogP contribution in [0.2, 0.25) is 0 Å². The maximum Gasteiger partial charge on any atom is 0.300 e. The summed E-state index contributed by atoms with van der Waals surface area (Å²) in [4.78, 5) is 41.5. The summed E-state index contributed by atoms with van der Waals surface area (Å²) in [5.74, 6) is -2.29. The van der Waals surface area contributed by atoms with Gasteiger partial charge in [0.05, 0.1) is 36.9 Å². The second-order valence-electron chi connectivity index (χ2n) is 7.72. The number of carbonyl (C=O) groups is 3. The van der Waals surface area contributed by atoms with Crippen LogP contribution in [0, 0.1) is 0 Å². The molecule has 8 heteroatoms. The lowest BCUT2D eigenvalue weighted by molar-refractivity contribution is -0.132. The zero-order chi connectivity index (χ0) is 22.5. The van der Waals surface area contributed by atoms with Gasteiger partial charge in [-0.25, -0.2) is 0 Å². The van der Waals surface area contributed by atoms with Crippen molar-refractivity contribution in [3.8, 4) is 5.75 Å². The highest BCUT2D eigenvalue weighted by atomic mass is 16.5. The smallest absolute Gasteiger partial charge is 0.300 e. The van der Waals surface area contributed by atoms with Gasteiger partial charge in [-0.1, -0.05) is 12.1 Å². The van der Waals surface area contributed by atoms with Gasteiger partial charge in [-0.3, -0.25) is 19.3 Å². The number of aliphatic hydroxyl groups is 1. The van der Waals surface area contributed by atoms with Gasteiger partial charge in [0.25, 0.3) is 11.7 Å². The molecule has 32 heavy (non-hydrogen) atoms. The summed E-state index contributed by atoms with van der Waals surface area (Å²) < 4.78 is 10.6. The highest BCUT2D eigenvalue weighted by molar-refractivity contribution is 6.56. The fraction of sp³-hybridized carbons (Fsp3) is 0.208. The van der Waals surface area contributed by atoms with E-state index in [1.807, 2.05) is 0 Å². The van der Waals surface area contributed by atoms with E-state index in [4.69, 9.17) is 9.47 Å². The number of fused-ring (bicyclic) bond motifs is 3. The molecule has 0 aliphatic carbocycles. The zero-order valence-electron chi connectivity index (χ0n) is 17.3. The van der Waals surface area contributed by atoms with Crippen LogP contribution in [-0.4, -0.2) is 42.0 Å². The molecule has 162 valence electrons. The standard InChI is InChI=1S/C24H20N2O6/c1-31-16-10-8-14(9-11-16)20(27)19-21(28)22(29)26-18-7-3-2-6-17(18)25-23(30)24(19,26)15-5-4-12-32-13-15/h2-3,6-11,13,27H,4-5,12H2,1H3,(H,25,30)/b20-19-. The number of aliphatic hydroxyl groups excluding tert-OH is 1. The van der Waals surface area contributed by atoms with Gasteiger partial charge < -0.3 is 19.9 Å². The molecule has 0 aromatic heterocycles. The van der Waals surface area contributed by atoms with Crippen LogP contribution in [0.3, 0.4) is 0 Å². The van der Waals surface area contributed by atoms with Crippen molar-refractivity contribution in [3.63, 3.8) is 0 Å². The minimum absolute atomic E-state index is 0.281. The molecule has 3 heterocycles. The van der Waals surface area contributed by atoms with Crippen molar-refractivity contribution >= 4 is 34.7 Å². The van der Waals surface area contributed by atoms with Gasteiger partial charge >= 0.3 is 5.91 Å².